The van der Waals surface area contributed by atoms with Crippen LogP contribution < -0.4 is 4.74 Å². The van der Waals surface area contributed by atoms with E-state index in [1.54, 1.807) is 0 Å². The van der Waals surface area contributed by atoms with Gasteiger partial charge in [-0.25, -0.2) is 0 Å². The second-order valence-electron chi connectivity index (χ2n) is 3.30. The van der Waals surface area contributed by atoms with Crippen molar-refractivity contribution in [3.8, 4) is 5.75 Å². The van der Waals surface area contributed by atoms with E-state index < -0.39 is 40.9 Å². The van der Waals surface area contributed by atoms with Gasteiger partial charge in [-0.3, -0.25) is 4.79 Å². The Morgan fingerprint density at radius 1 is 1.55 bits per heavy atom. The van der Waals surface area contributed by atoms with Crippen LogP contribution >= 0.6 is 22.6 Å². The molecule has 11 heteroatoms. The fourth-order valence-corrected chi connectivity index (χ4v) is 1.88. The van der Waals surface area contributed by atoms with Crippen LogP contribution in [0.5, 0.6) is 5.75 Å². The minimum absolute atomic E-state index is 0.194. The average Bonchev–Trinajstić information content (AvgIpc) is 2.31. The largest absolute Gasteiger partial charge is 0.573 e. The summed E-state index contributed by atoms with van der Waals surface area (Å²) in [7, 11) is 1.02. The number of halogens is 4. The van der Waals surface area contributed by atoms with E-state index in [0.29, 0.717) is 0 Å². The Balaban J connectivity index is 3.32. The van der Waals surface area contributed by atoms with Gasteiger partial charge in [-0.1, -0.05) is 0 Å². The highest BCUT2D eigenvalue weighted by molar-refractivity contribution is 14.1. The van der Waals surface area contributed by atoms with Gasteiger partial charge in [-0.05, 0) is 32.5 Å². The van der Waals surface area contributed by atoms with Gasteiger partial charge in [0.25, 0.3) is 0 Å². The number of rotatable bonds is 4. The Labute approximate surface area is 123 Å². The minimum Gasteiger partial charge on any atom is -0.469 e. The first-order chi connectivity index (χ1) is 9.14. The van der Waals surface area contributed by atoms with Gasteiger partial charge in [0, 0.05) is 0 Å². The van der Waals surface area contributed by atoms with Gasteiger partial charge >= 0.3 is 18.1 Å². The van der Waals surface area contributed by atoms with Gasteiger partial charge in [-0.2, -0.15) is 0 Å². The molecule has 20 heavy (non-hydrogen) atoms. The molecule has 0 aliphatic rings. The van der Waals surface area contributed by atoms with Crippen molar-refractivity contribution in [2.24, 2.45) is 0 Å². The van der Waals surface area contributed by atoms with E-state index in [2.05, 4.69) is 14.5 Å². The summed E-state index contributed by atoms with van der Waals surface area (Å²) < 4.78 is 44.7. The lowest BCUT2D eigenvalue weighted by Gasteiger charge is -2.11. The van der Waals surface area contributed by atoms with Crippen molar-refractivity contribution < 1.29 is 32.4 Å². The second kappa shape index (κ2) is 6.19. The zero-order chi connectivity index (χ0) is 15.5. The predicted octanol–water partition coefficient (Wildman–Crippen LogP) is 2.21. The number of esters is 1. The van der Waals surface area contributed by atoms with Gasteiger partial charge in [-0.15, -0.1) is 13.2 Å². The highest BCUT2D eigenvalue weighted by Gasteiger charge is 2.36. The first-order valence-corrected chi connectivity index (χ1v) is 5.88. The molecule has 0 atom stereocenters. The van der Waals surface area contributed by atoms with E-state index in [1.807, 2.05) is 0 Å². The highest BCUT2D eigenvalue weighted by Crippen LogP contribution is 2.32. The predicted molar refractivity (Wildman–Crippen MR) is 66.0 cm³/mol. The van der Waals surface area contributed by atoms with Crippen molar-refractivity contribution in [1.82, 2.24) is 4.98 Å². The lowest BCUT2D eigenvalue weighted by atomic mass is 10.2. The molecule has 0 radical (unpaired) electrons. The summed E-state index contributed by atoms with van der Waals surface area (Å²) in [5, 5.41) is 10.6. The molecule has 1 aromatic rings. The molecule has 0 bridgehead atoms. The second-order valence-corrected chi connectivity index (χ2v) is 4.46. The monoisotopic (exact) mass is 406 g/mol. The van der Waals surface area contributed by atoms with E-state index >= 15 is 0 Å². The number of pyridine rings is 1. The molecule has 0 aliphatic carbocycles. The molecule has 110 valence electrons. The van der Waals surface area contributed by atoms with E-state index in [4.69, 9.17) is 0 Å². The molecule has 1 aromatic heterocycles. The number of nitrogens with zero attached hydrogens (tertiary/aromatic N) is 2. The third kappa shape index (κ3) is 4.47. The Bertz CT molecular complexity index is 549. The average molecular weight is 406 g/mol. The maximum absolute atomic E-state index is 12.3. The molecule has 0 fully saturated rings. The summed E-state index contributed by atoms with van der Waals surface area (Å²) in [5.41, 5.74) is -0.521. The Hall–Kier alpha value is -1.66. The van der Waals surface area contributed by atoms with Crippen LogP contribution in [0.15, 0.2) is 6.07 Å². The standard InChI is InChI=1S/C9H6F3IN2O5/c1-19-7(16)3-5-8(20-9(10,11)12)4(13)2-6(14-5)15(17)18/h2H,3H2,1H3. The van der Waals surface area contributed by atoms with Gasteiger partial charge in [0.1, 0.15) is 6.42 Å². The fraction of sp³-hybridized carbons (Fsp3) is 0.333. The molecule has 0 amide bonds. The lowest BCUT2D eigenvalue weighted by Crippen LogP contribution is -2.20. The molecule has 0 N–H and O–H groups in total. The topological polar surface area (TPSA) is 91.6 Å². The van der Waals surface area contributed by atoms with Crippen molar-refractivity contribution in [2.75, 3.05) is 7.11 Å². The molecule has 1 heterocycles. The van der Waals surface area contributed by atoms with Crippen LogP contribution in [0, 0.1) is 13.7 Å². The maximum Gasteiger partial charge on any atom is 0.573 e. The molecule has 0 aliphatic heterocycles. The number of hydrogen-bond donors (Lipinski definition) is 0. The zero-order valence-corrected chi connectivity index (χ0v) is 11.9. The van der Waals surface area contributed by atoms with Crippen LogP contribution in [0.25, 0.3) is 0 Å². The van der Waals surface area contributed by atoms with E-state index in [0.717, 1.165) is 13.2 Å². The normalized spacial score (nSPS) is 11.1. The van der Waals surface area contributed by atoms with Crippen LogP contribution in [0.1, 0.15) is 5.69 Å². The number of hydrogen-bond acceptors (Lipinski definition) is 6. The SMILES string of the molecule is COC(=O)Cc1nc([N+](=O)[O-])cc(I)c1OC(F)(F)F. The summed E-state index contributed by atoms with van der Waals surface area (Å²) >= 11 is 1.42. The maximum atomic E-state index is 12.3. The number of methoxy groups -OCH3 is 1. The third-order valence-corrected chi connectivity index (χ3v) is 2.73. The van der Waals surface area contributed by atoms with Gasteiger partial charge in [0.2, 0.25) is 5.69 Å². The Kier molecular flexibility index (Phi) is 5.08. The van der Waals surface area contributed by atoms with Crippen molar-refractivity contribution >= 4 is 34.4 Å². The van der Waals surface area contributed by atoms with Crippen molar-refractivity contribution in [3.63, 3.8) is 0 Å². The number of carbonyl (C=O) groups is 1. The first kappa shape index (κ1) is 16.4. The number of alkyl halides is 3. The Morgan fingerprint density at radius 3 is 2.60 bits per heavy atom. The highest BCUT2D eigenvalue weighted by atomic mass is 127. The van der Waals surface area contributed by atoms with E-state index in [-0.39, 0.29) is 3.57 Å². The molecule has 1 rings (SSSR count). The van der Waals surface area contributed by atoms with E-state index in [9.17, 15) is 28.1 Å². The first-order valence-electron chi connectivity index (χ1n) is 4.80. The smallest absolute Gasteiger partial charge is 0.469 e. The summed E-state index contributed by atoms with van der Waals surface area (Å²) in [6.45, 7) is 0. The van der Waals surface area contributed by atoms with Crippen LogP contribution in [0.2, 0.25) is 0 Å². The van der Waals surface area contributed by atoms with Crippen molar-refractivity contribution in [1.29, 1.82) is 0 Å². The third-order valence-electron chi connectivity index (χ3n) is 1.93. The molecular formula is C9H6F3IN2O5. The summed E-state index contributed by atoms with van der Waals surface area (Å²) in [6.07, 6.45) is -5.69. The van der Waals surface area contributed by atoms with E-state index in [1.165, 1.54) is 22.6 Å². The van der Waals surface area contributed by atoms with Gasteiger partial charge < -0.3 is 19.6 Å². The van der Waals surface area contributed by atoms with Crippen LogP contribution in [-0.2, 0) is 16.0 Å². The van der Waals surface area contributed by atoms with Crippen LogP contribution in [0.4, 0.5) is 19.0 Å². The van der Waals surface area contributed by atoms with Gasteiger partial charge in [0.15, 0.2) is 5.75 Å². The van der Waals surface area contributed by atoms with Crippen molar-refractivity contribution in [3.05, 3.63) is 25.4 Å². The molecule has 0 spiro atoms. The van der Waals surface area contributed by atoms with Crippen LogP contribution in [0.3, 0.4) is 0 Å². The molecular weight excluding hydrogens is 400 g/mol. The molecule has 0 aromatic carbocycles. The number of aromatic nitrogens is 1. The lowest BCUT2D eigenvalue weighted by molar-refractivity contribution is -0.389. The van der Waals surface area contributed by atoms with Crippen molar-refractivity contribution in [2.45, 2.75) is 12.8 Å². The molecule has 7 nitrogen and oxygen atoms in total. The number of nitro groups is 1. The number of carbonyl (C=O) groups excluding carboxylic acids is 1. The fourth-order valence-electron chi connectivity index (χ4n) is 1.18. The quantitative estimate of drug-likeness (QED) is 0.330. The van der Waals surface area contributed by atoms with Gasteiger partial charge in [0.05, 0.1) is 16.7 Å². The zero-order valence-electron chi connectivity index (χ0n) is 9.73. The minimum atomic E-state index is -5.01. The molecule has 0 saturated carbocycles. The summed E-state index contributed by atoms with van der Waals surface area (Å²) in [5.74, 6) is -2.35. The summed E-state index contributed by atoms with van der Waals surface area (Å²) in [4.78, 5) is 24.2. The molecule has 0 unspecified atom stereocenters. The molecule has 0 saturated heterocycles. The summed E-state index contributed by atoms with van der Waals surface area (Å²) in [6, 6.07) is 0.808. The Morgan fingerprint density at radius 2 is 2.15 bits per heavy atom. The van der Waals surface area contributed by atoms with Crippen LogP contribution in [-0.4, -0.2) is 29.3 Å². The number of ether oxygens (including phenoxy) is 2.